The molecule has 3 aromatic carbocycles. The second-order valence-corrected chi connectivity index (χ2v) is 18.1. The molecule has 2 aliphatic heterocycles. The molecule has 5 N–H and O–H groups in total. The molecule has 14 nitrogen and oxygen atoms in total. The highest BCUT2D eigenvalue weighted by molar-refractivity contribution is 6.34. The molecule has 358 valence electrons. The number of likely N-dealkylation sites (tertiary alicyclic amines) is 2. The smallest absolute Gasteiger partial charge is 0.416 e. The molecule has 2 saturated heterocycles. The second-order valence-electron chi connectivity index (χ2n) is 17.7. The Kier molecular flexibility index (Phi) is 15.9. The molecule has 0 bridgehead atoms. The van der Waals surface area contributed by atoms with Crippen LogP contribution in [0.2, 0.25) is 5.02 Å². The minimum Gasteiger partial charge on any atom is -0.496 e. The van der Waals surface area contributed by atoms with Crippen LogP contribution in [0.15, 0.2) is 54.6 Å². The number of fused-ring (bicyclic) bond motifs is 1. The fraction of sp³-hybridized carbons (Fsp3) is 0.469. The topological polar surface area (TPSA) is 186 Å². The Morgan fingerprint density at radius 1 is 0.970 bits per heavy atom. The molecule has 1 aromatic heterocycles. The van der Waals surface area contributed by atoms with Crippen LogP contribution in [0.1, 0.15) is 90.7 Å². The van der Waals surface area contributed by atoms with Crippen molar-refractivity contribution in [3.63, 3.8) is 0 Å². The van der Waals surface area contributed by atoms with E-state index in [1.165, 1.54) is 11.0 Å². The maximum Gasteiger partial charge on any atom is 0.416 e. The number of amides is 4. The quantitative estimate of drug-likeness (QED) is 0.0558. The lowest BCUT2D eigenvalue weighted by atomic mass is 9.84. The van der Waals surface area contributed by atoms with Crippen LogP contribution in [-0.2, 0) is 27.0 Å². The van der Waals surface area contributed by atoms with Crippen molar-refractivity contribution in [3.05, 3.63) is 87.7 Å². The van der Waals surface area contributed by atoms with Crippen LogP contribution < -0.4 is 26.4 Å². The van der Waals surface area contributed by atoms with Gasteiger partial charge in [0.2, 0.25) is 5.91 Å². The first-order chi connectivity index (χ1) is 32.1. The number of rotatable bonds is 16. The van der Waals surface area contributed by atoms with Crippen LogP contribution in [0.25, 0.3) is 16.5 Å². The number of nitrogens with zero attached hydrogens (tertiary/aromatic N) is 5. The largest absolute Gasteiger partial charge is 0.496 e. The van der Waals surface area contributed by atoms with Crippen LogP contribution in [-0.4, -0.2) is 96.9 Å². The number of aldehydes is 1. The summed E-state index contributed by atoms with van der Waals surface area (Å²) in [6.45, 7) is 5.76. The predicted molar refractivity (Wildman–Crippen MR) is 252 cm³/mol. The maximum absolute atomic E-state index is 13.8. The average Bonchev–Trinajstić information content (AvgIpc) is 3.31. The number of primary amides is 1. The van der Waals surface area contributed by atoms with E-state index in [2.05, 4.69) is 21.4 Å². The third kappa shape index (κ3) is 12.2. The minimum absolute atomic E-state index is 0.0218. The summed E-state index contributed by atoms with van der Waals surface area (Å²) < 4.78 is 52.4. The first-order valence-electron chi connectivity index (χ1n) is 22.8. The number of hydrogen-bond donors (Lipinski definition) is 3. The van der Waals surface area contributed by atoms with Gasteiger partial charge in [0, 0.05) is 93.1 Å². The predicted octanol–water partition coefficient (Wildman–Crippen LogP) is 8.67. The summed E-state index contributed by atoms with van der Waals surface area (Å²) in [5.74, 6) is 2.33. The number of benzene rings is 3. The van der Waals surface area contributed by atoms with Gasteiger partial charge in [0.1, 0.15) is 23.7 Å². The number of hydrogen-bond acceptors (Lipinski definition) is 10. The third-order valence-corrected chi connectivity index (χ3v) is 13.4. The first kappa shape index (κ1) is 49.0. The molecule has 3 aliphatic rings. The van der Waals surface area contributed by atoms with Gasteiger partial charge in [-0.15, -0.1) is 0 Å². The maximum atomic E-state index is 13.8. The van der Waals surface area contributed by atoms with Gasteiger partial charge < -0.3 is 40.9 Å². The lowest BCUT2D eigenvalue weighted by molar-refractivity contribution is -0.138. The Labute approximate surface area is 393 Å². The third-order valence-electron chi connectivity index (χ3n) is 13.1. The number of alkyl halides is 3. The summed E-state index contributed by atoms with van der Waals surface area (Å²) in [4.78, 5) is 64.3. The van der Waals surface area contributed by atoms with Gasteiger partial charge in [0.05, 0.1) is 28.9 Å². The lowest BCUT2D eigenvalue weighted by Gasteiger charge is -2.35. The molecule has 7 rings (SSSR count). The summed E-state index contributed by atoms with van der Waals surface area (Å²) >= 11 is 6.34. The molecular weight excluding hydrogens is 889 g/mol. The number of ether oxygens (including phenoxy) is 2. The van der Waals surface area contributed by atoms with E-state index in [0.717, 1.165) is 68.5 Å². The number of aryl methyl sites for hydroxylation is 1. The number of anilines is 3. The number of urea groups is 1. The molecule has 1 aliphatic carbocycles. The molecular formula is C49H58ClF3N8O6. The van der Waals surface area contributed by atoms with E-state index in [0.29, 0.717) is 109 Å². The van der Waals surface area contributed by atoms with Gasteiger partial charge in [0.25, 0.3) is 5.91 Å². The number of nitrogens with one attached hydrogen (secondary N) is 1. The summed E-state index contributed by atoms with van der Waals surface area (Å²) in [5, 5.41) is 4.16. The van der Waals surface area contributed by atoms with E-state index in [1.54, 1.807) is 37.1 Å². The summed E-state index contributed by atoms with van der Waals surface area (Å²) in [7, 11) is 1.60. The van der Waals surface area contributed by atoms with Gasteiger partial charge in [0.15, 0.2) is 0 Å². The zero-order chi connectivity index (χ0) is 47.8. The Bertz CT molecular complexity index is 2490. The highest BCUT2D eigenvalue weighted by atomic mass is 35.5. The Morgan fingerprint density at radius 3 is 2.37 bits per heavy atom. The van der Waals surface area contributed by atoms with E-state index < -0.39 is 17.8 Å². The molecule has 0 saturated carbocycles. The van der Waals surface area contributed by atoms with E-state index in [4.69, 9.17) is 32.5 Å². The summed E-state index contributed by atoms with van der Waals surface area (Å²) in [6, 6.07) is 11.3. The number of halogens is 4. The van der Waals surface area contributed by atoms with Crippen molar-refractivity contribution in [2.45, 2.75) is 77.4 Å². The lowest BCUT2D eigenvalue weighted by Crippen LogP contribution is -2.42. The molecule has 1 unspecified atom stereocenters. The molecule has 18 heteroatoms. The van der Waals surface area contributed by atoms with Gasteiger partial charge in [-0.25, -0.2) is 14.8 Å². The molecule has 67 heavy (non-hydrogen) atoms. The Balaban J connectivity index is 0.854. The fourth-order valence-electron chi connectivity index (χ4n) is 9.37. The number of nitrogen functional groups attached to an aromatic ring is 1. The molecule has 4 aromatic rings. The highest BCUT2D eigenvalue weighted by Gasteiger charge is 2.32. The van der Waals surface area contributed by atoms with Crippen molar-refractivity contribution in [3.8, 4) is 5.75 Å². The van der Waals surface area contributed by atoms with Gasteiger partial charge in [-0.1, -0.05) is 17.7 Å². The molecule has 2 fully saturated rings. The Morgan fingerprint density at radius 2 is 1.70 bits per heavy atom. The van der Waals surface area contributed by atoms with Crippen molar-refractivity contribution in [2.75, 3.05) is 69.0 Å². The van der Waals surface area contributed by atoms with Crippen LogP contribution in [0, 0.1) is 24.7 Å². The SMILES string of the molecule is COc1cc2nc(C)nc(NCc3cc(N)cc(C(F)(F)F)c3)c2cc1C1=CCC(C(=O)N2CCC(CCOCC3CCN(C(=O)c4ccc(Cl)c(N(CCC=O)C(N)=O)c4)CC3)CC2)CC1. The number of allylic oxidation sites excluding steroid dienone is 2. The first-order valence-corrected chi connectivity index (χ1v) is 23.2. The average molecular weight is 947 g/mol. The van der Waals surface area contributed by atoms with E-state index in [1.807, 2.05) is 17.0 Å². The zero-order valence-corrected chi connectivity index (χ0v) is 38.6. The number of carbonyl (C=O) groups excluding carboxylic acids is 4. The monoisotopic (exact) mass is 946 g/mol. The number of methoxy groups -OCH3 is 1. The van der Waals surface area contributed by atoms with Crippen molar-refractivity contribution >= 4 is 69.4 Å². The van der Waals surface area contributed by atoms with Crippen LogP contribution in [0.3, 0.4) is 0 Å². The Hall–Kier alpha value is -5.94. The van der Waals surface area contributed by atoms with Crippen molar-refractivity contribution in [1.29, 1.82) is 0 Å². The van der Waals surface area contributed by atoms with Crippen molar-refractivity contribution in [1.82, 2.24) is 19.8 Å². The number of carbonyl (C=O) groups is 4. The van der Waals surface area contributed by atoms with Gasteiger partial charge in [-0.05, 0) is 124 Å². The minimum atomic E-state index is -4.52. The molecule has 0 spiro atoms. The number of piperidine rings is 2. The van der Waals surface area contributed by atoms with Gasteiger partial charge in [-0.2, -0.15) is 13.2 Å². The number of aromatic nitrogens is 2. The standard InChI is InChI=1S/C49H58ClF3N8O6/c1-30-57-42-27-44(66-2)39(26-40(42)45(58-30)56-28-33-22-37(49(51,52)53)25-38(54)23-33)34-4-6-35(7-5-34)46(63)59-16-10-31(11-17-59)14-21-67-29-32-12-18-60(19-13-32)47(64)36-8-9-41(50)43(24-36)61(48(55)65)15-3-20-62/h4,8-9,20,22-27,31-32,35H,3,5-7,10-19,21,28-29,54H2,1-2H3,(H2,55,65)(H,56,57,58). The molecule has 3 heterocycles. The summed E-state index contributed by atoms with van der Waals surface area (Å²) in [5.41, 5.74) is 14.1. The molecule has 0 radical (unpaired) electrons. The van der Waals surface area contributed by atoms with Crippen LogP contribution in [0.5, 0.6) is 5.75 Å². The van der Waals surface area contributed by atoms with Gasteiger partial charge in [-0.3, -0.25) is 14.5 Å². The van der Waals surface area contributed by atoms with Crippen molar-refractivity contribution in [2.24, 2.45) is 23.5 Å². The van der Waals surface area contributed by atoms with E-state index in [-0.39, 0.29) is 48.0 Å². The van der Waals surface area contributed by atoms with Crippen LogP contribution >= 0.6 is 11.6 Å². The van der Waals surface area contributed by atoms with E-state index in [9.17, 15) is 32.3 Å². The van der Waals surface area contributed by atoms with Gasteiger partial charge >= 0.3 is 12.2 Å². The number of nitrogens with two attached hydrogens (primary N) is 2. The second kappa shape index (κ2) is 21.8. The van der Waals surface area contributed by atoms with E-state index >= 15 is 0 Å². The normalized spacial score (nSPS) is 17.3. The van der Waals surface area contributed by atoms with Crippen LogP contribution in [0.4, 0.5) is 35.2 Å². The fourth-order valence-corrected chi connectivity index (χ4v) is 9.59. The summed E-state index contributed by atoms with van der Waals surface area (Å²) in [6.07, 6.45) is 4.74. The van der Waals surface area contributed by atoms with Crippen molar-refractivity contribution < 1.29 is 41.8 Å². The highest BCUT2D eigenvalue weighted by Crippen LogP contribution is 2.40. The molecule has 4 amide bonds. The zero-order valence-electron chi connectivity index (χ0n) is 37.9. The molecule has 1 atom stereocenters.